The van der Waals surface area contributed by atoms with Crippen LogP contribution in [0.5, 0.6) is 11.5 Å². The van der Waals surface area contributed by atoms with Crippen molar-refractivity contribution in [2.75, 3.05) is 19.6 Å². The third-order valence-electron chi connectivity index (χ3n) is 9.27. The lowest BCUT2D eigenvalue weighted by Crippen LogP contribution is -2.47. The van der Waals surface area contributed by atoms with Gasteiger partial charge in [0.2, 0.25) is 5.91 Å². The van der Waals surface area contributed by atoms with E-state index in [1.54, 1.807) is 6.07 Å². The summed E-state index contributed by atoms with van der Waals surface area (Å²) in [4.78, 5) is 29.7. The molecule has 220 valence electrons. The molecule has 2 heterocycles. The van der Waals surface area contributed by atoms with Gasteiger partial charge in [0, 0.05) is 48.9 Å². The summed E-state index contributed by atoms with van der Waals surface area (Å²) >= 11 is 0. The smallest absolute Gasteiger partial charge is 0.251 e. The van der Waals surface area contributed by atoms with Crippen molar-refractivity contribution in [3.8, 4) is 11.5 Å². The molecular weight excluding hydrogens is 522 g/mol. The number of hydrogen-bond acceptors (Lipinski definition) is 4. The molecule has 2 amide bonds. The van der Waals surface area contributed by atoms with E-state index < -0.39 is 5.92 Å². The number of amides is 2. The Morgan fingerprint density at radius 3 is 2.24 bits per heavy atom. The van der Waals surface area contributed by atoms with Gasteiger partial charge in [0.05, 0.1) is 5.92 Å². The number of para-hydroxylation sites is 1. The fourth-order valence-electron chi connectivity index (χ4n) is 6.90. The first-order valence-electron chi connectivity index (χ1n) is 15.9. The molecule has 1 unspecified atom stereocenters. The number of ether oxygens (including phenoxy) is 1. The van der Waals surface area contributed by atoms with Gasteiger partial charge in [-0.15, -0.1) is 0 Å². The van der Waals surface area contributed by atoms with Crippen molar-refractivity contribution in [2.24, 2.45) is 5.92 Å². The Hall–Kier alpha value is -3.64. The van der Waals surface area contributed by atoms with Gasteiger partial charge in [0.1, 0.15) is 11.5 Å². The second-order valence-electron chi connectivity index (χ2n) is 12.3. The summed E-state index contributed by atoms with van der Waals surface area (Å²) in [7, 11) is 0. The van der Waals surface area contributed by atoms with Crippen LogP contribution in [-0.4, -0.2) is 42.4 Å². The lowest BCUT2D eigenvalue weighted by molar-refractivity contribution is -0.122. The number of nitrogens with zero attached hydrogens (tertiary/aromatic N) is 1. The molecule has 6 nitrogen and oxygen atoms in total. The van der Waals surface area contributed by atoms with Crippen molar-refractivity contribution < 1.29 is 14.3 Å². The van der Waals surface area contributed by atoms with Crippen LogP contribution >= 0.6 is 0 Å². The quantitative estimate of drug-likeness (QED) is 0.331. The molecule has 1 saturated carbocycles. The normalized spacial score (nSPS) is 19.9. The van der Waals surface area contributed by atoms with Gasteiger partial charge in [0.15, 0.2) is 0 Å². The van der Waals surface area contributed by atoms with Gasteiger partial charge in [-0.1, -0.05) is 80.6 Å². The minimum Gasteiger partial charge on any atom is -0.457 e. The minimum absolute atomic E-state index is 0.0210. The topological polar surface area (TPSA) is 70.7 Å². The molecule has 6 rings (SSSR count). The monoisotopic (exact) mass is 565 g/mol. The van der Waals surface area contributed by atoms with Crippen LogP contribution in [0.3, 0.4) is 0 Å². The molecule has 1 atom stereocenters. The molecule has 2 fully saturated rings. The van der Waals surface area contributed by atoms with Gasteiger partial charge in [-0.3, -0.25) is 9.59 Å². The maximum atomic E-state index is 14.0. The zero-order valence-electron chi connectivity index (χ0n) is 24.5. The number of hydrogen-bond donors (Lipinski definition) is 2. The Morgan fingerprint density at radius 2 is 1.45 bits per heavy atom. The van der Waals surface area contributed by atoms with E-state index >= 15 is 0 Å². The molecule has 0 radical (unpaired) electrons. The summed E-state index contributed by atoms with van der Waals surface area (Å²) in [6.45, 7) is 3.72. The summed E-state index contributed by atoms with van der Waals surface area (Å²) in [5.41, 5.74) is 3.13. The third kappa shape index (κ3) is 6.87. The number of benzene rings is 3. The molecule has 42 heavy (non-hydrogen) atoms. The molecule has 2 N–H and O–H groups in total. The highest BCUT2D eigenvalue weighted by Gasteiger charge is 2.35. The van der Waals surface area contributed by atoms with E-state index in [-0.39, 0.29) is 17.9 Å². The lowest BCUT2D eigenvalue weighted by Gasteiger charge is -2.36. The summed E-state index contributed by atoms with van der Waals surface area (Å²) < 4.78 is 6.20. The highest BCUT2D eigenvalue weighted by molar-refractivity contribution is 5.96. The number of fused-ring (bicyclic) bond motifs is 2. The highest BCUT2D eigenvalue weighted by atomic mass is 16.5. The van der Waals surface area contributed by atoms with Crippen LogP contribution < -0.4 is 15.4 Å². The van der Waals surface area contributed by atoms with Crippen LogP contribution in [0.15, 0.2) is 72.8 Å². The molecule has 0 spiro atoms. The van der Waals surface area contributed by atoms with E-state index in [0.29, 0.717) is 23.6 Å². The van der Waals surface area contributed by atoms with E-state index in [2.05, 4.69) is 15.5 Å². The zero-order chi connectivity index (χ0) is 28.7. The van der Waals surface area contributed by atoms with Crippen molar-refractivity contribution in [1.29, 1.82) is 0 Å². The van der Waals surface area contributed by atoms with E-state index in [1.165, 1.54) is 51.5 Å². The minimum atomic E-state index is -0.528. The molecule has 1 saturated heterocycles. The number of nitrogens with one attached hydrogen (secondary N) is 2. The van der Waals surface area contributed by atoms with Crippen molar-refractivity contribution in [3.63, 3.8) is 0 Å². The average Bonchev–Trinajstić information content (AvgIpc) is 3.01. The van der Waals surface area contributed by atoms with E-state index in [0.717, 1.165) is 48.5 Å². The predicted octanol–water partition coefficient (Wildman–Crippen LogP) is 6.80. The van der Waals surface area contributed by atoms with E-state index in [9.17, 15) is 9.59 Å². The number of rotatable bonds is 7. The Morgan fingerprint density at radius 1 is 0.762 bits per heavy atom. The molecule has 1 aliphatic carbocycles. The summed E-state index contributed by atoms with van der Waals surface area (Å²) in [6.07, 6.45) is 11.6. The number of carbonyl (C=O) groups excluding carboxylic acids is 2. The Kier molecular flexibility index (Phi) is 9.19. The fraction of sp³-hybridized carbons (Fsp3) is 0.444. The van der Waals surface area contributed by atoms with E-state index in [4.69, 9.17) is 4.74 Å². The molecule has 3 aliphatic rings. The largest absolute Gasteiger partial charge is 0.457 e. The van der Waals surface area contributed by atoms with Crippen LogP contribution in [0.1, 0.15) is 90.8 Å². The van der Waals surface area contributed by atoms with E-state index in [1.807, 2.05) is 66.7 Å². The summed E-state index contributed by atoms with van der Waals surface area (Å²) in [5.74, 6) is 1.43. The van der Waals surface area contributed by atoms with Gasteiger partial charge in [0.25, 0.3) is 5.91 Å². The molecule has 0 bridgehead atoms. The first-order chi connectivity index (χ1) is 20.6. The van der Waals surface area contributed by atoms with Crippen LogP contribution in [0.4, 0.5) is 0 Å². The maximum Gasteiger partial charge on any atom is 0.251 e. The van der Waals surface area contributed by atoms with Crippen LogP contribution in [0.25, 0.3) is 0 Å². The third-order valence-corrected chi connectivity index (χ3v) is 9.27. The number of carbonyl (C=O) groups is 2. The van der Waals surface area contributed by atoms with Gasteiger partial charge in [-0.2, -0.15) is 0 Å². The zero-order valence-corrected chi connectivity index (χ0v) is 24.5. The molecule has 0 aromatic heterocycles. The Balaban J connectivity index is 1.12. The van der Waals surface area contributed by atoms with Gasteiger partial charge in [-0.25, -0.2) is 0 Å². The van der Waals surface area contributed by atoms with Crippen molar-refractivity contribution in [1.82, 2.24) is 15.5 Å². The first kappa shape index (κ1) is 28.5. The fourth-order valence-corrected chi connectivity index (χ4v) is 6.90. The number of likely N-dealkylation sites (tertiary alicyclic amines) is 1. The molecular formula is C36H43N3O3. The molecule has 3 aromatic carbocycles. The van der Waals surface area contributed by atoms with Crippen LogP contribution in [-0.2, 0) is 11.3 Å². The summed E-state index contributed by atoms with van der Waals surface area (Å²) in [6, 6.07) is 23.2. The van der Waals surface area contributed by atoms with Crippen molar-refractivity contribution in [3.05, 3.63) is 95.1 Å². The second kappa shape index (κ2) is 13.6. The Labute approximate surface area is 249 Å². The first-order valence-corrected chi connectivity index (χ1v) is 15.9. The molecule has 6 heteroatoms. The van der Waals surface area contributed by atoms with Gasteiger partial charge < -0.3 is 20.3 Å². The van der Waals surface area contributed by atoms with Gasteiger partial charge >= 0.3 is 0 Å². The second-order valence-corrected chi connectivity index (χ2v) is 12.3. The Bertz CT molecular complexity index is 1360. The number of piperidine rings is 1. The van der Waals surface area contributed by atoms with Crippen molar-refractivity contribution in [2.45, 2.75) is 76.3 Å². The predicted molar refractivity (Wildman–Crippen MR) is 166 cm³/mol. The molecule has 2 aliphatic heterocycles. The highest BCUT2D eigenvalue weighted by Crippen LogP contribution is 2.44. The van der Waals surface area contributed by atoms with Gasteiger partial charge in [-0.05, 0) is 61.4 Å². The average molecular weight is 566 g/mol. The molecule has 3 aromatic rings. The maximum absolute atomic E-state index is 14.0. The van der Waals surface area contributed by atoms with Crippen LogP contribution in [0, 0.1) is 5.92 Å². The standard InChI is InChI=1S/C36H43N3O3/c40-35(37-24-26-11-7-4-8-12-26)28-17-18-33-31(23-28)34(30-15-9-10-16-32(30)42-33)36(41)38-29-19-21-39(22-20-29)25-27-13-5-2-1-3-6-14-27/h4,7-12,15-18,23,27,29,34H,1-3,5-6,13-14,19-22,24-25H2,(H,37,40)(H,38,41). The summed E-state index contributed by atoms with van der Waals surface area (Å²) in [5, 5.41) is 6.39. The SMILES string of the molecule is O=C(NCc1ccccc1)c1ccc2c(c1)C(C(=O)NC1CCN(CC3CCCCCCC3)CC1)c1ccccc1O2. The van der Waals surface area contributed by atoms with Crippen LogP contribution in [0.2, 0.25) is 0 Å². The van der Waals surface area contributed by atoms with Crippen molar-refractivity contribution >= 4 is 11.8 Å². The lowest BCUT2D eigenvalue weighted by atomic mass is 9.85.